The summed E-state index contributed by atoms with van der Waals surface area (Å²) in [4.78, 5) is 52.0. The van der Waals surface area contributed by atoms with Crippen molar-refractivity contribution >= 4 is 57.6 Å². The molecule has 0 saturated carbocycles. The fourth-order valence-corrected chi connectivity index (χ4v) is 5.16. The smallest absolute Gasteiger partial charge is 0.343 e. The molecule has 0 aliphatic carbocycles. The molecule has 2 amide bonds. The molecule has 0 saturated heterocycles. The number of halogens is 2. The molecule has 0 aliphatic rings. The third kappa shape index (κ3) is 7.25. The summed E-state index contributed by atoms with van der Waals surface area (Å²) in [5.74, 6) is -1.64. The molecule has 0 radical (unpaired) electrons. The Bertz CT molecular complexity index is 1960. The van der Waals surface area contributed by atoms with Crippen LogP contribution in [0.4, 0.5) is 5.69 Å². The zero-order chi connectivity index (χ0) is 32.1. The van der Waals surface area contributed by atoms with Crippen LogP contribution in [0.2, 0.25) is 10.0 Å². The van der Waals surface area contributed by atoms with E-state index in [1.807, 2.05) is 42.5 Å². The van der Waals surface area contributed by atoms with Crippen molar-refractivity contribution in [2.24, 2.45) is 0 Å². The highest BCUT2D eigenvalue weighted by Gasteiger charge is 2.20. The number of hydrogen-bond donors (Lipinski definition) is 2. The summed E-state index contributed by atoms with van der Waals surface area (Å²) in [6.45, 7) is 3.59. The fourth-order valence-electron chi connectivity index (χ4n) is 4.84. The van der Waals surface area contributed by atoms with E-state index in [1.54, 1.807) is 60.9 Å². The zero-order valence-electron chi connectivity index (χ0n) is 24.5. The average molecular weight is 643 g/mol. The number of nitrogens with one attached hydrogen (secondary N) is 2. The van der Waals surface area contributed by atoms with E-state index in [-0.39, 0.29) is 24.1 Å². The number of fused-ring (bicyclic) bond motifs is 1. The molecule has 1 atom stereocenters. The maximum Gasteiger partial charge on any atom is 0.343 e. The van der Waals surface area contributed by atoms with Crippen molar-refractivity contribution in [3.8, 4) is 11.1 Å². The van der Waals surface area contributed by atoms with E-state index in [2.05, 4.69) is 10.6 Å². The molecule has 0 bridgehead atoms. The minimum absolute atomic E-state index is 0.0972. The Kier molecular flexibility index (Phi) is 9.66. The second-order valence-corrected chi connectivity index (χ2v) is 11.1. The number of anilines is 1. The van der Waals surface area contributed by atoms with E-state index in [0.29, 0.717) is 26.8 Å². The molecule has 0 fully saturated rings. The van der Waals surface area contributed by atoms with Crippen molar-refractivity contribution in [2.45, 2.75) is 26.4 Å². The van der Waals surface area contributed by atoms with Crippen LogP contribution in [0, 0.1) is 0 Å². The van der Waals surface area contributed by atoms with Gasteiger partial charge in [-0.3, -0.25) is 14.4 Å². The normalized spacial score (nSPS) is 11.6. The first-order chi connectivity index (χ1) is 21.6. The summed E-state index contributed by atoms with van der Waals surface area (Å²) < 4.78 is 6.86. The Balaban J connectivity index is 1.36. The molecular weight excluding hydrogens is 613 g/mol. The molecule has 228 valence electrons. The number of pyridine rings is 1. The first-order valence-electron chi connectivity index (χ1n) is 14.2. The van der Waals surface area contributed by atoms with Crippen molar-refractivity contribution in [3.05, 3.63) is 134 Å². The SMILES string of the molecule is CCOC(=O)c1cn(Cc2ccc(Cl)c(Cl)c2)c2ccc(NC(=O)[C@H](C)NC(=O)c3ccc(-c4ccccc4)cc3)cc2c1=O. The largest absolute Gasteiger partial charge is 0.462 e. The van der Waals surface area contributed by atoms with Crippen LogP contribution < -0.4 is 16.1 Å². The summed E-state index contributed by atoms with van der Waals surface area (Å²) in [6.07, 6.45) is 1.45. The number of benzene rings is 4. The fraction of sp³-hybridized carbons (Fsp3) is 0.143. The molecule has 4 aromatic carbocycles. The molecule has 0 unspecified atom stereocenters. The monoisotopic (exact) mass is 641 g/mol. The molecule has 45 heavy (non-hydrogen) atoms. The number of aromatic nitrogens is 1. The van der Waals surface area contributed by atoms with Crippen molar-refractivity contribution in [3.63, 3.8) is 0 Å². The van der Waals surface area contributed by atoms with Crippen LogP contribution in [0.1, 0.15) is 40.1 Å². The van der Waals surface area contributed by atoms with Crippen molar-refractivity contribution in [1.82, 2.24) is 9.88 Å². The molecule has 8 nitrogen and oxygen atoms in total. The number of hydrogen-bond acceptors (Lipinski definition) is 5. The molecule has 0 spiro atoms. The minimum Gasteiger partial charge on any atom is -0.462 e. The first kappa shape index (κ1) is 31.5. The van der Waals surface area contributed by atoms with Gasteiger partial charge in [0.2, 0.25) is 11.3 Å². The second-order valence-electron chi connectivity index (χ2n) is 10.3. The molecule has 5 aromatic rings. The molecule has 5 rings (SSSR count). The van der Waals surface area contributed by atoms with E-state index in [1.165, 1.54) is 12.3 Å². The van der Waals surface area contributed by atoms with Gasteiger partial charge >= 0.3 is 5.97 Å². The van der Waals surface area contributed by atoms with Gasteiger partial charge in [-0.2, -0.15) is 0 Å². The van der Waals surface area contributed by atoms with Gasteiger partial charge in [-0.25, -0.2) is 4.79 Å². The van der Waals surface area contributed by atoms with Gasteiger partial charge in [-0.15, -0.1) is 0 Å². The Morgan fingerprint density at radius 2 is 1.58 bits per heavy atom. The van der Waals surface area contributed by atoms with Gasteiger partial charge in [0.1, 0.15) is 11.6 Å². The Hall–Kier alpha value is -4.92. The molecule has 2 N–H and O–H groups in total. The van der Waals surface area contributed by atoms with E-state index in [4.69, 9.17) is 27.9 Å². The van der Waals surface area contributed by atoms with Crippen molar-refractivity contribution in [2.75, 3.05) is 11.9 Å². The summed E-state index contributed by atoms with van der Waals surface area (Å²) in [7, 11) is 0. The van der Waals surface area contributed by atoms with Crippen LogP contribution in [0.3, 0.4) is 0 Å². The van der Waals surface area contributed by atoms with Gasteiger partial charge in [0.25, 0.3) is 5.91 Å². The summed E-state index contributed by atoms with van der Waals surface area (Å²) >= 11 is 12.3. The predicted octanol–water partition coefficient (Wildman–Crippen LogP) is 6.96. The second kappa shape index (κ2) is 13.8. The van der Waals surface area contributed by atoms with Gasteiger partial charge in [-0.05, 0) is 73.0 Å². The third-order valence-corrected chi connectivity index (χ3v) is 7.91. The van der Waals surface area contributed by atoms with Gasteiger partial charge in [0, 0.05) is 29.4 Å². The summed E-state index contributed by atoms with van der Waals surface area (Å²) in [6, 6.07) is 26.0. The first-order valence-corrected chi connectivity index (χ1v) is 15.0. The number of amides is 2. The van der Waals surface area contributed by atoms with Crippen molar-refractivity contribution < 1.29 is 19.1 Å². The summed E-state index contributed by atoms with van der Waals surface area (Å²) in [5, 5.41) is 6.45. The van der Waals surface area contributed by atoms with Gasteiger partial charge < -0.3 is 19.9 Å². The van der Waals surface area contributed by atoms with E-state index >= 15 is 0 Å². The lowest BCUT2D eigenvalue weighted by Gasteiger charge is -2.17. The highest BCUT2D eigenvalue weighted by atomic mass is 35.5. The Labute approximate surface area is 269 Å². The standard InChI is InChI=1S/C35H29Cl2N3O5/c1-3-45-35(44)28-20-40(19-22-9-15-29(36)30(37)17-22)31-16-14-26(18-27(31)32(28)41)39-33(42)21(2)38-34(43)25-12-10-24(11-13-25)23-7-5-4-6-8-23/h4-18,20-21H,3,19H2,1-2H3,(H,38,43)(H,39,42)/t21-/m0/s1. The average Bonchev–Trinajstić information content (AvgIpc) is 3.04. The van der Waals surface area contributed by atoms with Crippen LogP contribution >= 0.6 is 23.2 Å². The van der Waals surface area contributed by atoms with E-state index in [9.17, 15) is 19.2 Å². The van der Waals surface area contributed by atoms with Crippen molar-refractivity contribution in [1.29, 1.82) is 0 Å². The minimum atomic E-state index is -0.890. The zero-order valence-corrected chi connectivity index (χ0v) is 26.0. The molecule has 10 heteroatoms. The maximum absolute atomic E-state index is 13.4. The molecule has 0 aliphatic heterocycles. The topological polar surface area (TPSA) is 106 Å². The number of rotatable bonds is 9. The lowest BCUT2D eigenvalue weighted by Crippen LogP contribution is -2.41. The van der Waals surface area contributed by atoms with Crippen LogP contribution in [0.5, 0.6) is 0 Å². The lowest BCUT2D eigenvalue weighted by atomic mass is 10.0. The van der Waals surface area contributed by atoms with Crippen LogP contribution in [-0.2, 0) is 16.1 Å². The number of ether oxygens (including phenoxy) is 1. The number of carbonyl (C=O) groups excluding carboxylic acids is 3. The molecular formula is C35H29Cl2N3O5. The van der Waals surface area contributed by atoms with Crippen LogP contribution in [-0.4, -0.2) is 35.0 Å². The number of nitrogens with zero attached hydrogens (tertiary/aromatic N) is 1. The van der Waals surface area contributed by atoms with Crippen LogP contribution in [0.25, 0.3) is 22.0 Å². The highest BCUT2D eigenvalue weighted by molar-refractivity contribution is 6.42. The maximum atomic E-state index is 13.4. The lowest BCUT2D eigenvalue weighted by molar-refractivity contribution is -0.117. The van der Waals surface area contributed by atoms with E-state index < -0.39 is 29.3 Å². The third-order valence-electron chi connectivity index (χ3n) is 7.18. The van der Waals surface area contributed by atoms with Crippen LogP contribution in [0.15, 0.2) is 102 Å². The molecule has 1 aromatic heterocycles. The van der Waals surface area contributed by atoms with E-state index in [0.717, 1.165) is 16.7 Å². The predicted molar refractivity (Wildman–Crippen MR) is 177 cm³/mol. The number of carbonyl (C=O) groups is 3. The van der Waals surface area contributed by atoms with Gasteiger partial charge in [-0.1, -0.05) is 71.7 Å². The number of esters is 1. The van der Waals surface area contributed by atoms with Gasteiger partial charge in [0.05, 0.1) is 22.2 Å². The van der Waals surface area contributed by atoms with Gasteiger partial charge in [0.15, 0.2) is 0 Å². The molecule has 1 heterocycles. The Morgan fingerprint density at radius 3 is 2.27 bits per heavy atom. The summed E-state index contributed by atoms with van der Waals surface area (Å²) in [5.41, 5.74) is 3.36. The quantitative estimate of drug-likeness (QED) is 0.169. The highest BCUT2D eigenvalue weighted by Crippen LogP contribution is 2.25. The Morgan fingerprint density at radius 1 is 0.867 bits per heavy atom.